The molecule has 6 heteroatoms. The molecule has 1 fully saturated rings. The van der Waals surface area contributed by atoms with E-state index >= 15 is 0 Å². The molecule has 1 heterocycles. The molecular formula is C13H19BrN2O2S. The maximum atomic E-state index is 12.2. The number of nitrogens with one attached hydrogen (secondary N) is 1. The highest BCUT2D eigenvalue weighted by molar-refractivity contribution is 9.10. The van der Waals surface area contributed by atoms with Crippen molar-refractivity contribution >= 4 is 26.0 Å². The third-order valence-electron chi connectivity index (χ3n) is 3.35. The Hall–Kier alpha value is -0.430. The van der Waals surface area contributed by atoms with Gasteiger partial charge in [-0.3, -0.25) is 0 Å². The van der Waals surface area contributed by atoms with Gasteiger partial charge >= 0.3 is 0 Å². The van der Waals surface area contributed by atoms with Crippen LogP contribution in [0.15, 0.2) is 27.6 Å². The largest absolute Gasteiger partial charge is 0.302 e. The summed E-state index contributed by atoms with van der Waals surface area (Å²) < 4.78 is 28.0. The minimum Gasteiger partial charge on any atom is -0.302 e. The van der Waals surface area contributed by atoms with E-state index in [1.165, 1.54) is 12.8 Å². The second-order valence-electron chi connectivity index (χ2n) is 4.86. The summed E-state index contributed by atoms with van der Waals surface area (Å²) >= 11 is 3.34. The van der Waals surface area contributed by atoms with Crippen LogP contribution in [-0.2, 0) is 10.0 Å². The van der Waals surface area contributed by atoms with Crippen molar-refractivity contribution in [2.75, 3.05) is 26.2 Å². The first-order valence-electron chi connectivity index (χ1n) is 6.47. The summed E-state index contributed by atoms with van der Waals surface area (Å²) in [6.07, 6.45) is 2.44. The molecule has 0 spiro atoms. The van der Waals surface area contributed by atoms with E-state index in [4.69, 9.17) is 0 Å². The van der Waals surface area contributed by atoms with E-state index in [0.29, 0.717) is 11.4 Å². The molecule has 106 valence electrons. The van der Waals surface area contributed by atoms with E-state index in [0.717, 1.165) is 29.7 Å². The molecule has 0 aliphatic carbocycles. The summed E-state index contributed by atoms with van der Waals surface area (Å²) in [7, 11) is -3.40. The molecule has 1 saturated heterocycles. The van der Waals surface area contributed by atoms with Crippen LogP contribution in [0, 0.1) is 6.92 Å². The first-order valence-corrected chi connectivity index (χ1v) is 8.75. The van der Waals surface area contributed by atoms with Crippen LogP contribution in [0.2, 0.25) is 0 Å². The van der Waals surface area contributed by atoms with Gasteiger partial charge in [-0.25, -0.2) is 13.1 Å². The summed E-state index contributed by atoms with van der Waals surface area (Å²) in [6, 6.07) is 5.20. The lowest BCUT2D eigenvalue weighted by molar-refractivity contribution is 0.344. The lowest BCUT2D eigenvalue weighted by atomic mass is 10.2. The molecule has 1 N–H and O–H groups in total. The Morgan fingerprint density at radius 1 is 1.32 bits per heavy atom. The van der Waals surface area contributed by atoms with Gasteiger partial charge < -0.3 is 4.90 Å². The number of hydrogen-bond donors (Lipinski definition) is 1. The standard InChI is InChI=1S/C13H19BrN2O2S/c1-11-10-12(14)4-5-13(11)19(17,18)15-6-9-16-7-2-3-8-16/h4-5,10,15H,2-3,6-9H2,1H3. The van der Waals surface area contributed by atoms with Crippen LogP contribution in [0.4, 0.5) is 0 Å². The Bertz CT molecular complexity index is 540. The number of sulfonamides is 1. The zero-order chi connectivity index (χ0) is 13.9. The molecule has 1 aromatic carbocycles. The predicted molar refractivity (Wildman–Crippen MR) is 79.7 cm³/mol. The van der Waals surface area contributed by atoms with Crippen molar-refractivity contribution in [3.05, 3.63) is 28.2 Å². The van der Waals surface area contributed by atoms with Gasteiger partial charge in [0.15, 0.2) is 0 Å². The highest BCUT2D eigenvalue weighted by Crippen LogP contribution is 2.19. The van der Waals surface area contributed by atoms with E-state index in [1.807, 2.05) is 6.07 Å². The quantitative estimate of drug-likeness (QED) is 0.888. The highest BCUT2D eigenvalue weighted by atomic mass is 79.9. The van der Waals surface area contributed by atoms with Crippen LogP contribution < -0.4 is 4.72 Å². The Kier molecular flexibility index (Phi) is 5.00. The number of nitrogens with zero attached hydrogens (tertiary/aromatic N) is 1. The molecule has 1 aliphatic heterocycles. The summed E-state index contributed by atoms with van der Waals surface area (Å²) in [4.78, 5) is 2.65. The van der Waals surface area contributed by atoms with Gasteiger partial charge in [0, 0.05) is 17.6 Å². The molecule has 1 aliphatic rings. The second-order valence-corrected chi connectivity index (χ2v) is 7.51. The number of rotatable bonds is 5. The monoisotopic (exact) mass is 346 g/mol. The van der Waals surface area contributed by atoms with Crippen LogP contribution in [-0.4, -0.2) is 39.5 Å². The van der Waals surface area contributed by atoms with E-state index in [-0.39, 0.29) is 0 Å². The predicted octanol–water partition coefficient (Wildman–Crippen LogP) is 2.13. The fraction of sp³-hybridized carbons (Fsp3) is 0.538. The molecule has 1 aromatic rings. The van der Waals surface area contributed by atoms with E-state index < -0.39 is 10.0 Å². The molecule has 0 amide bonds. The van der Waals surface area contributed by atoms with Gasteiger partial charge in [0.1, 0.15) is 0 Å². The minimum atomic E-state index is -3.40. The number of halogens is 1. The third kappa shape index (κ3) is 4.02. The van der Waals surface area contributed by atoms with Crippen molar-refractivity contribution in [2.24, 2.45) is 0 Å². The third-order valence-corrected chi connectivity index (χ3v) is 5.46. The van der Waals surface area contributed by atoms with E-state index in [9.17, 15) is 8.42 Å². The van der Waals surface area contributed by atoms with Crippen LogP contribution in [0.25, 0.3) is 0 Å². The van der Waals surface area contributed by atoms with Crippen molar-refractivity contribution in [1.82, 2.24) is 9.62 Å². The fourth-order valence-corrected chi connectivity index (χ4v) is 4.06. The fourth-order valence-electron chi connectivity index (χ4n) is 2.34. The molecular weight excluding hydrogens is 328 g/mol. The lowest BCUT2D eigenvalue weighted by Crippen LogP contribution is -2.33. The SMILES string of the molecule is Cc1cc(Br)ccc1S(=O)(=O)NCCN1CCCC1. The smallest absolute Gasteiger partial charge is 0.240 e. The zero-order valence-electron chi connectivity index (χ0n) is 11.0. The van der Waals surface area contributed by atoms with Crippen LogP contribution in [0.1, 0.15) is 18.4 Å². The number of aryl methyl sites for hydroxylation is 1. The highest BCUT2D eigenvalue weighted by Gasteiger charge is 2.17. The Morgan fingerprint density at radius 2 is 2.00 bits per heavy atom. The lowest BCUT2D eigenvalue weighted by Gasteiger charge is -2.15. The first-order chi connectivity index (χ1) is 8.99. The van der Waals surface area contributed by atoms with Crippen LogP contribution in [0.5, 0.6) is 0 Å². The van der Waals surface area contributed by atoms with Crippen LogP contribution >= 0.6 is 15.9 Å². The van der Waals surface area contributed by atoms with Crippen molar-refractivity contribution in [1.29, 1.82) is 0 Å². The van der Waals surface area contributed by atoms with Crippen molar-refractivity contribution in [3.8, 4) is 0 Å². The van der Waals surface area contributed by atoms with Gasteiger partial charge in [-0.2, -0.15) is 0 Å². The van der Waals surface area contributed by atoms with Gasteiger partial charge in [-0.05, 0) is 56.6 Å². The summed E-state index contributed by atoms with van der Waals surface area (Å²) in [5.74, 6) is 0. The van der Waals surface area contributed by atoms with Crippen molar-refractivity contribution < 1.29 is 8.42 Å². The maximum Gasteiger partial charge on any atom is 0.240 e. The van der Waals surface area contributed by atoms with Gasteiger partial charge in [0.05, 0.1) is 4.90 Å². The van der Waals surface area contributed by atoms with Gasteiger partial charge in [-0.1, -0.05) is 15.9 Å². The Morgan fingerprint density at radius 3 is 2.63 bits per heavy atom. The topological polar surface area (TPSA) is 49.4 Å². The van der Waals surface area contributed by atoms with Gasteiger partial charge in [0.2, 0.25) is 10.0 Å². The number of benzene rings is 1. The van der Waals surface area contributed by atoms with E-state index in [2.05, 4.69) is 25.6 Å². The molecule has 0 aromatic heterocycles. The summed E-state index contributed by atoms with van der Waals surface area (Å²) in [5, 5.41) is 0. The molecule has 4 nitrogen and oxygen atoms in total. The van der Waals surface area contributed by atoms with Crippen molar-refractivity contribution in [3.63, 3.8) is 0 Å². The average Bonchev–Trinajstić information content (AvgIpc) is 2.81. The molecule has 0 saturated carbocycles. The number of likely N-dealkylation sites (tertiary alicyclic amines) is 1. The minimum absolute atomic E-state index is 0.358. The summed E-state index contributed by atoms with van der Waals surface area (Å²) in [6.45, 7) is 5.23. The van der Waals surface area contributed by atoms with Gasteiger partial charge in [0.25, 0.3) is 0 Å². The Labute approximate surface area is 123 Å². The summed E-state index contributed by atoms with van der Waals surface area (Å²) in [5.41, 5.74) is 0.753. The number of hydrogen-bond acceptors (Lipinski definition) is 3. The first kappa shape index (κ1) is 15.0. The molecule has 0 atom stereocenters. The van der Waals surface area contributed by atoms with E-state index in [1.54, 1.807) is 19.1 Å². The normalized spacial score (nSPS) is 16.9. The van der Waals surface area contributed by atoms with Crippen molar-refractivity contribution in [2.45, 2.75) is 24.7 Å². The molecule has 0 unspecified atom stereocenters. The van der Waals surface area contributed by atoms with Crippen LogP contribution in [0.3, 0.4) is 0 Å². The molecule has 19 heavy (non-hydrogen) atoms. The van der Waals surface area contributed by atoms with Gasteiger partial charge in [-0.15, -0.1) is 0 Å². The maximum absolute atomic E-state index is 12.2. The molecule has 0 radical (unpaired) electrons. The molecule has 2 rings (SSSR count). The molecule has 0 bridgehead atoms. The second kappa shape index (κ2) is 6.35. The zero-order valence-corrected chi connectivity index (χ0v) is 13.4. The average molecular weight is 347 g/mol. The Balaban J connectivity index is 1.97.